The zero-order chi connectivity index (χ0) is 9.26. The summed E-state index contributed by atoms with van der Waals surface area (Å²) in [6.07, 6.45) is 5.36. The van der Waals surface area contributed by atoms with E-state index in [1.165, 1.54) is 31.2 Å². The summed E-state index contributed by atoms with van der Waals surface area (Å²) < 4.78 is 0. The topological polar surface area (TPSA) is 0 Å². The lowest BCUT2D eigenvalue weighted by atomic mass is 9.81. The Bertz CT molecular complexity index is 299. The second-order valence-corrected chi connectivity index (χ2v) is 4.23. The van der Waals surface area contributed by atoms with E-state index < -0.39 is 0 Å². The Kier molecular flexibility index (Phi) is 2.39. The van der Waals surface area contributed by atoms with Crippen molar-refractivity contribution in [1.29, 1.82) is 0 Å². The maximum absolute atomic E-state index is 2.31. The van der Waals surface area contributed by atoms with Crippen molar-refractivity contribution < 1.29 is 0 Å². The van der Waals surface area contributed by atoms with Crippen molar-refractivity contribution in [2.45, 2.75) is 39.5 Å². The van der Waals surface area contributed by atoms with Crippen LogP contribution in [-0.2, 0) is 12.8 Å². The molecule has 0 amide bonds. The molecule has 13 heavy (non-hydrogen) atoms. The normalized spacial score (nSPS) is 21.2. The Balaban J connectivity index is 2.31. The van der Waals surface area contributed by atoms with Gasteiger partial charge in [0.2, 0.25) is 0 Å². The molecule has 0 fully saturated rings. The lowest BCUT2D eigenvalue weighted by Crippen LogP contribution is -2.14. The van der Waals surface area contributed by atoms with Gasteiger partial charge in [0, 0.05) is 0 Å². The van der Waals surface area contributed by atoms with Gasteiger partial charge >= 0.3 is 0 Å². The second kappa shape index (κ2) is 3.53. The van der Waals surface area contributed by atoms with Gasteiger partial charge < -0.3 is 0 Å². The molecule has 0 nitrogen and oxygen atoms in total. The molecule has 0 heterocycles. The SMILES string of the molecule is CCC1CCc2c(C)cccc2C1. The van der Waals surface area contributed by atoms with E-state index in [2.05, 4.69) is 32.0 Å². The van der Waals surface area contributed by atoms with E-state index in [1.807, 2.05) is 0 Å². The van der Waals surface area contributed by atoms with Crippen LogP contribution in [0, 0.1) is 12.8 Å². The highest BCUT2D eigenvalue weighted by atomic mass is 14.2. The van der Waals surface area contributed by atoms with Crippen LogP contribution in [0.5, 0.6) is 0 Å². The molecule has 0 N–H and O–H groups in total. The van der Waals surface area contributed by atoms with Crippen LogP contribution in [0.4, 0.5) is 0 Å². The molecule has 70 valence electrons. The maximum atomic E-state index is 2.31. The van der Waals surface area contributed by atoms with Gasteiger partial charge in [0.1, 0.15) is 0 Å². The Morgan fingerprint density at radius 2 is 2.23 bits per heavy atom. The van der Waals surface area contributed by atoms with Crippen LogP contribution < -0.4 is 0 Å². The van der Waals surface area contributed by atoms with Gasteiger partial charge in [-0.2, -0.15) is 0 Å². The van der Waals surface area contributed by atoms with Gasteiger partial charge in [0.15, 0.2) is 0 Å². The van der Waals surface area contributed by atoms with Crippen molar-refractivity contribution in [3.05, 3.63) is 34.9 Å². The quantitative estimate of drug-likeness (QED) is 0.611. The molecule has 0 radical (unpaired) electrons. The van der Waals surface area contributed by atoms with Crippen molar-refractivity contribution in [2.24, 2.45) is 5.92 Å². The molecule has 1 aromatic carbocycles. The molecule has 0 saturated carbocycles. The van der Waals surface area contributed by atoms with Crippen molar-refractivity contribution in [2.75, 3.05) is 0 Å². The summed E-state index contributed by atoms with van der Waals surface area (Å²) in [6, 6.07) is 6.75. The minimum Gasteiger partial charge on any atom is -0.0651 e. The van der Waals surface area contributed by atoms with E-state index in [9.17, 15) is 0 Å². The van der Waals surface area contributed by atoms with Gasteiger partial charge in [-0.1, -0.05) is 31.5 Å². The number of aryl methyl sites for hydroxylation is 1. The van der Waals surface area contributed by atoms with E-state index in [1.54, 1.807) is 11.1 Å². The highest BCUT2D eigenvalue weighted by molar-refractivity contribution is 5.36. The standard InChI is InChI=1S/C13H18/c1-3-11-7-8-13-10(2)5-4-6-12(13)9-11/h4-6,11H,3,7-9H2,1-2H3. The van der Waals surface area contributed by atoms with E-state index in [0.29, 0.717) is 0 Å². The average molecular weight is 174 g/mol. The number of benzene rings is 1. The first kappa shape index (κ1) is 8.80. The Hall–Kier alpha value is -0.780. The van der Waals surface area contributed by atoms with E-state index in [0.717, 1.165) is 5.92 Å². The zero-order valence-electron chi connectivity index (χ0n) is 8.64. The largest absolute Gasteiger partial charge is 0.0651 e. The van der Waals surface area contributed by atoms with Crippen molar-refractivity contribution in [3.8, 4) is 0 Å². The smallest absolute Gasteiger partial charge is 0.0248 e. The Morgan fingerprint density at radius 3 is 3.00 bits per heavy atom. The fraction of sp³-hybridized carbons (Fsp3) is 0.538. The molecule has 0 bridgehead atoms. The minimum atomic E-state index is 0.939. The third-order valence-corrected chi connectivity index (χ3v) is 3.40. The molecule has 1 unspecified atom stereocenters. The van der Waals surface area contributed by atoms with Crippen LogP contribution in [0.15, 0.2) is 18.2 Å². The third kappa shape index (κ3) is 1.63. The maximum Gasteiger partial charge on any atom is -0.0248 e. The molecular weight excluding hydrogens is 156 g/mol. The van der Waals surface area contributed by atoms with E-state index in [4.69, 9.17) is 0 Å². The third-order valence-electron chi connectivity index (χ3n) is 3.40. The molecule has 2 rings (SSSR count). The summed E-state index contributed by atoms with van der Waals surface area (Å²) in [6.45, 7) is 4.55. The fourth-order valence-corrected chi connectivity index (χ4v) is 2.42. The van der Waals surface area contributed by atoms with Crippen molar-refractivity contribution >= 4 is 0 Å². The summed E-state index contributed by atoms with van der Waals surface area (Å²) in [7, 11) is 0. The first-order valence-corrected chi connectivity index (χ1v) is 5.38. The van der Waals surface area contributed by atoms with Gasteiger partial charge in [-0.25, -0.2) is 0 Å². The first-order valence-electron chi connectivity index (χ1n) is 5.38. The molecule has 1 aliphatic carbocycles. The highest BCUT2D eigenvalue weighted by Gasteiger charge is 2.17. The summed E-state index contributed by atoms with van der Waals surface area (Å²) in [5, 5.41) is 0. The Labute approximate surface area is 81.0 Å². The summed E-state index contributed by atoms with van der Waals surface area (Å²) in [5.74, 6) is 0.939. The van der Waals surface area contributed by atoms with Crippen molar-refractivity contribution in [1.82, 2.24) is 0 Å². The number of fused-ring (bicyclic) bond motifs is 1. The lowest BCUT2D eigenvalue weighted by Gasteiger charge is -2.24. The fourth-order valence-electron chi connectivity index (χ4n) is 2.42. The molecule has 0 saturated heterocycles. The predicted molar refractivity (Wildman–Crippen MR) is 57.0 cm³/mol. The van der Waals surface area contributed by atoms with E-state index in [-0.39, 0.29) is 0 Å². The molecule has 1 aliphatic rings. The molecular formula is C13H18. The first-order chi connectivity index (χ1) is 6.31. The zero-order valence-corrected chi connectivity index (χ0v) is 8.64. The van der Waals surface area contributed by atoms with Crippen LogP contribution in [0.3, 0.4) is 0 Å². The number of hydrogen-bond donors (Lipinski definition) is 0. The second-order valence-electron chi connectivity index (χ2n) is 4.23. The molecule has 1 atom stereocenters. The number of rotatable bonds is 1. The molecule has 1 aromatic rings. The monoisotopic (exact) mass is 174 g/mol. The van der Waals surface area contributed by atoms with E-state index >= 15 is 0 Å². The number of hydrogen-bond acceptors (Lipinski definition) is 0. The van der Waals surface area contributed by atoms with Crippen LogP contribution in [0.2, 0.25) is 0 Å². The molecule has 0 heteroatoms. The summed E-state index contributed by atoms with van der Waals surface area (Å²) in [4.78, 5) is 0. The van der Waals surface area contributed by atoms with Gasteiger partial charge in [0.05, 0.1) is 0 Å². The average Bonchev–Trinajstić information content (AvgIpc) is 2.18. The van der Waals surface area contributed by atoms with Gasteiger partial charge in [-0.3, -0.25) is 0 Å². The van der Waals surface area contributed by atoms with Gasteiger partial charge in [-0.05, 0) is 48.8 Å². The lowest BCUT2D eigenvalue weighted by molar-refractivity contribution is 0.444. The Morgan fingerprint density at radius 1 is 1.38 bits per heavy atom. The molecule has 0 spiro atoms. The molecule has 0 aliphatic heterocycles. The van der Waals surface area contributed by atoms with Crippen LogP contribution in [-0.4, -0.2) is 0 Å². The van der Waals surface area contributed by atoms with Crippen LogP contribution in [0.25, 0.3) is 0 Å². The minimum absolute atomic E-state index is 0.939. The van der Waals surface area contributed by atoms with Gasteiger partial charge in [-0.15, -0.1) is 0 Å². The predicted octanol–water partition coefficient (Wildman–Crippen LogP) is 3.51. The summed E-state index contributed by atoms with van der Waals surface area (Å²) >= 11 is 0. The van der Waals surface area contributed by atoms with Crippen LogP contribution in [0.1, 0.15) is 36.5 Å². The molecule has 0 aromatic heterocycles. The van der Waals surface area contributed by atoms with Crippen molar-refractivity contribution in [3.63, 3.8) is 0 Å². The van der Waals surface area contributed by atoms with Gasteiger partial charge in [0.25, 0.3) is 0 Å². The summed E-state index contributed by atoms with van der Waals surface area (Å²) in [5.41, 5.74) is 4.73. The highest BCUT2D eigenvalue weighted by Crippen LogP contribution is 2.29. The van der Waals surface area contributed by atoms with Crippen LogP contribution >= 0.6 is 0 Å².